The molecule has 41 heavy (non-hydrogen) atoms. The molecule has 1 aliphatic rings. The van der Waals surface area contributed by atoms with Crippen LogP contribution >= 0.6 is 11.8 Å². The second-order valence-electron chi connectivity index (χ2n) is 8.50. The molecule has 2 rings (SSSR count). The first-order valence-electron chi connectivity index (χ1n) is 13.4. The number of imide groups is 1. The average Bonchev–Trinajstić information content (AvgIpc) is 3.30. The Hall–Kier alpha value is -2.59. The topological polar surface area (TPSA) is 165 Å². The van der Waals surface area contributed by atoms with Crippen molar-refractivity contribution in [2.45, 2.75) is 36.7 Å². The van der Waals surface area contributed by atoms with E-state index in [-0.39, 0.29) is 31.3 Å². The Bertz CT molecular complexity index is 877. The van der Waals surface area contributed by atoms with Gasteiger partial charge in [-0.3, -0.25) is 19.2 Å². The quantitative estimate of drug-likeness (QED) is 0.0845. The maximum absolute atomic E-state index is 12.4. The number of hydrogen-bond acceptors (Lipinski definition) is 12. The van der Waals surface area contributed by atoms with Crippen LogP contribution in [0.2, 0.25) is 0 Å². The summed E-state index contributed by atoms with van der Waals surface area (Å²) in [6.07, 6.45) is 2.34. The Balaban J connectivity index is 0.000000702. The number of amides is 3. The van der Waals surface area contributed by atoms with Crippen molar-refractivity contribution in [3.63, 3.8) is 0 Å². The first kappa shape index (κ1) is 36.4. The fraction of sp³-hybridized carbons (Fsp3) is 0.630. The summed E-state index contributed by atoms with van der Waals surface area (Å²) in [6, 6.07) is 7.62. The SMILES string of the molecule is COCCCC(CSc1cccc(C(=O)NCCOCCOCCOCCN)c1)OC.O=CON1C(=O)CCC1=O. The summed E-state index contributed by atoms with van der Waals surface area (Å²) in [5, 5.41) is 3.36. The number of hydroxylamine groups is 2. The molecule has 0 aromatic heterocycles. The lowest BCUT2D eigenvalue weighted by Crippen LogP contribution is -2.28. The molecule has 1 aliphatic heterocycles. The van der Waals surface area contributed by atoms with Gasteiger partial charge in [0.25, 0.3) is 17.7 Å². The molecule has 0 aliphatic carbocycles. The van der Waals surface area contributed by atoms with Crippen molar-refractivity contribution in [2.24, 2.45) is 5.73 Å². The van der Waals surface area contributed by atoms with E-state index < -0.39 is 11.8 Å². The number of carbonyl (C=O) groups is 4. The van der Waals surface area contributed by atoms with E-state index >= 15 is 0 Å². The Labute approximate surface area is 245 Å². The third kappa shape index (κ3) is 17.1. The second-order valence-corrected chi connectivity index (χ2v) is 9.59. The van der Waals surface area contributed by atoms with Gasteiger partial charge in [0.15, 0.2) is 0 Å². The summed E-state index contributed by atoms with van der Waals surface area (Å²) in [6.45, 7) is 4.76. The van der Waals surface area contributed by atoms with Crippen LogP contribution in [0.4, 0.5) is 0 Å². The molecular formula is C27H43N3O10S. The molecule has 1 aromatic carbocycles. The lowest BCUT2D eigenvalue weighted by atomic mass is 10.2. The number of ether oxygens (including phenoxy) is 5. The lowest BCUT2D eigenvalue weighted by molar-refractivity contribution is -0.188. The largest absolute Gasteiger partial charge is 0.385 e. The fourth-order valence-corrected chi connectivity index (χ4v) is 4.39. The van der Waals surface area contributed by atoms with Crippen molar-refractivity contribution in [1.82, 2.24) is 10.4 Å². The molecule has 13 nitrogen and oxygen atoms in total. The van der Waals surface area contributed by atoms with E-state index in [2.05, 4.69) is 10.2 Å². The molecule has 3 amide bonds. The van der Waals surface area contributed by atoms with Crippen molar-refractivity contribution in [3.8, 4) is 0 Å². The predicted molar refractivity (Wildman–Crippen MR) is 151 cm³/mol. The molecule has 0 bridgehead atoms. The van der Waals surface area contributed by atoms with E-state index in [1.165, 1.54) is 0 Å². The van der Waals surface area contributed by atoms with E-state index in [1.807, 2.05) is 24.3 Å². The molecule has 0 radical (unpaired) electrons. The molecule has 14 heteroatoms. The van der Waals surface area contributed by atoms with Gasteiger partial charge in [-0.15, -0.1) is 16.8 Å². The Morgan fingerprint density at radius 3 is 2.29 bits per heavy atom. The van der Waals surface area contributed by atoms with Crippen molar-refractivity contribution in [3.05, 3.63) is 29.8 Å². The normalized spacial score (nSPS) is 13.5. The minimum atomic E-state index is -0.461. The second kappa shape index (κ2) is 24.1. The van der Waals surface area contributed by atoms with E-state index in [9.17, 15) is 19.2 Å². The molecule has 1 heterocycles. The van der Waals surface area contributed by atoms with E-state index in [0.717, 1.165) is 30.1 Å². The third-order valence-corrected chi connectivity index (χ3v) is 6.56. The fourth-order valence-electron chi connectivity index (χ4n) is 3.32. The maximum atomic E-state index is 12.4. The monoisotopic (exact) mass is 601 g/mol. The summed E-state index contributed by atoms with van der Waals surface area (Å²) in [5.41, 5.74) is 5.96. The van der Waals surface area contributed by atoms with Crippen LogP contribution < -0.4 is 11.1 Å². The highest BCUT2D eigenvalue weighted by atomic mass is 32.2. The Morgan fingerprint density at radius 1 is 1.02 bits per heavy atom. The number of methoxy groups -OCH3 is 2. The first-order valence-corrected chi connectivity index (χ1v) is 14.4. The number of hydrogen-bond donors (Lipinski definition) is 2. The summed E-state index contributed by atoms with van der Waals surface area (Å²) < 4.78 is 26.7. The minimum Gasteiger partial charge on any atom is -0.385 e. The van der Waals surface area contributed by atoms with E-state index in [0.29, 0.717) is 63.4 Å². The molecule has 1 aromatic rings. The summed E-state index contributed by atoms with van der Waals surface area (Å²) in [5.74, 6) is -0.197. The van der Waals surface area contributed by atoms with Gasteiger partial charge in [0.05, 0.1) is 45.7 Å². The number of nitrogens with two attached hydrogens (primary N) is 1. The van der Waals surface area contributed by atoms with Crippen LogP contribution in [0.15, 0.2) is 29.2 Å². The predicted octanol–water partition coefficient (Wildman–Crippen LogP) is 1.18. The number of nitrogens with one attached hydrogen (secondary N) is 1. The first-order chi connectivity index (χ1) is 20.0. The summed E-state index contributed by atoms with van der Waals surface area (Å²) in [7, 11) is 3.44. The number of thioether (sulfide) groups is 1. The molecule has 0 spiro atoms. The summed E-state index contributed by atoms with van der Waals surface area (Å²) >= 11 is 1.69. The zero-order valence-corrected chi connectivity index (χ0v) is 24.7. The molecule has 1 saturated heterocycles. The number of rotatable bonds is 22. The van der Waals surface area contributed by atoms with Crippen LogP contribution in [0.5, 0.6) is 0 Å². The Kier molecular flexibility index (Phi) is 21.4. The minimum absolute atomic E-state index is 0.0567. The number of benzene rings is 1. The van der Waals surface area contributed by atoms with Crippen molar-refractivity contribution in [2.75, 3.05) is 79.3 Å². The lowest BCUT2D eigenvalue weighted by Gasteiger charge is -2.15. The molecule has 232 valence electrons. The van der Waals surface area contributed by atoms with Crippen LogP contribution in [0.3, 0.4) is 0 Å². The van der Waals surface area contributed by atoms with Crippen LogP contribution in [0, 0.1) is 0 Å². The molecular weight excluding hydrogens is 558 g/mol. The van der Waals surface area contributed by atoms with Gasteiger partial charge in [-0.1, -0.05) is 6.07 Å². The van der Waals surface area contributed by atoms with Crippen molar-refractivity contribution in [1.29, 1.82) is 0 Å². The standard InChI is InChI=1S/C22H38N2O6S.C5H5NO4/c1-26-10-4-6-20(27-2)18-31-21-7-3-5-19(17-21)22(25)24-9-12-29-14-16-30-15-13-28-11-8-23;7-3-10-6-4(8)1-2-5(6)9/h3,5,7,17,20H,4,6,8-16,18,23H2,1-2H3,(H,24,25);3H,1-2H2. The van der Waals surface area contributed by atoms with Gasteiger partial charge >= 0.3 is 6.47 Å². The average molecular weight is 602 g/mol. The van der Waals surface area contributed by atoms with Crippen molar-refractivity contribution >= 4 is 36.0 Å². The highest BCUT2D eigenvalue weighted by Gasteiger charge is 2.30. The highest BCUT2D eigenvalue weighted by molar-refractivity contribution is 7.99. The summed E-state index contributed by atoms with van der Waals surface area (Å²) in [4.78, 5) is 48.4. The zero-order valence-electron chi connectivity index (χ0n) is 23.9. The molecule has 3 N–H and O–H groups in total. The molecule has 0 saturated carbocycles. The van der Waals surface area contributed by atoms with Gasteiger partial charge in [0.1, 0.15) is 0 Å². The van der Waals surface area contributed by atoms with Crippen LogP contribution in [0.1, 0.15) is 36.0 Å². The van der Waals surface area contributed by atoms with Crippen LogP contribution in [-0.4, -0.2) is 115 Å². The van der Waals surface area contributed by atoms with Gasteiger partial charge in [0.2, 0.25) is 0 Å². The van der Waals surface area contributed by atoms with Crippen LogP contribution in [0.25, 0.3) is 0 Å². The zero-order chi connectivity index (χ0) is 30.1. The number of nitrogens with zero attached hydrogens (tertiary/aromatic N) is 1. The van der Waals surface area contributed by atoms with Gasteiger partial charge in [0, 0.05) is 63.0 Å². The highest BCUT2D eigenvalue weighted by Crippen LogP contribution is 2.22. The van der Waals surface area contributed by atoms with Crippen LogP contribution in [-0.2, 0) is 42.9 Å². The maximum Gasteiger partial charge on any atom is 0.321 e. The van der Waals surface area contributed by atoms with Crippen molar-refractivity contribution < 1.29 is 47.7 Å². The molecule has 1 atom stereocenters. The smallest absolute Gasteiger partial charge is 0.321 e. The van der Waals surface area contributed by atoms with Gasteiger partial charge in [-0.2, -0.15) is 0 Å². The molecule has 1 unspecified atom stereocenters. The van der Waals surface area contributed by atoms with E-state index in [1.54, 1.807) is 26.0 Å². The third-order valence-electron chi connectivity index (χ3n) is 5.43. The van der Waals surface area contributed by atoms with Gasteiger partial charge < -0.3 is 39.6 Å². The van der Waals surface area contributed by atoms with Gasteiger partial charge in [-0.25, -0.2) is 0 Å². The van der Waals surface area contributed by atoms with E-state index in [4.69, 9.17) is 29.4 Å². The van der Waals surface area contributed by atoms with Gasteiger partial charge in [-0.05, 0) is 31.0 Å². The Morgan fingerprint density at radius 2 is 1.68 bits per heavy atom. The number of carbonyl (C=O) groups excluding carboxylic acids is 4. The molecule has 1 fully saturated rings.